The summed E-state index contributed by atoms with van der Waals surface area (Å²) in [5, 5.41) is 0. The van der Waals surface area contributed by atoms with Crippen LogP contribution in [0, 0.1) is 6.92 Å². The summed E-state index contributed by atoms with van der Waals surface area (Å²) in [6.07, 6.45) is 2.04. The first kappa shape index (κ1) is 13.4. The van der Waals surface area contributed by atoms with Crippen molar-refractivity contribution in [1.82, 2.24) is 0 Å². The van der Waals surface area contributed by atoms with Crippen molar-refractivity contribution in [2.75, 3.05) is 0 Å². The van der Waals surface area contributed by atoms with Crippen molar-refractivity contribution in [3.05, 3.63) is 41.4 Å². The summed E-state index contributed by atoms with van der Waals surface area (Å²) in [4.78, 5) is 0. The quantitative estimate of drug-likeness (QED) is 0.739. The Bertz CT molecular complexity index is 430. The van der Waals surface area contributed by atoms with Gasteiger partial charge in [-0.3, -0.25) is 0 Å². The van der Waals surface area contributed by atoms with E-state index in [9.17, 15) is 0 Å². The fraction of sp³-hybridized carbons (Fsp3) is 0.467. The minimum Gasteiger partial charge on any atom is -0.400 e. The van der Waals surface area contributed by atoms with Crippen LogP contribution in [0.1, 0.15) is 38.8 Å². The van der Waals surface area contributed by atoms with Gasteiger partial charge in [0.15, 0.2) is 0 Å². The van der Waals surface area contributed by atoms with E-state index in [1.54, 1.807) is 0 Å². The lowest BCUT2D eigenvalue weighted by molar-refractivity contribution is 0.00578. The number of aryl methyl sites for hydroxylation is 1. The maximum Gasteiger partial charge on any atom is 0.487 e. The zero-order valence-electron chi connectivity index (χ0n) is 11.9. The van der Waals surface area contributed by atoms with Gasteiger partial charge in [-0.1, -0.05) is 41.9 Å². The van der Waals surface area contributed by atoms with Crippen LogP contribution in [-0.2, 0) is 9.31 Å². The van der Waals surface area contributed by atoms with Gasteiger partial charge in [0.25, 0.3) is 0 Å². The summed E-state index contributed by atoms with van der Waals surface area (Å²) in [5.74, 6) is 1.97. The van der Waals surface area contributed by atoms with Crippen LogP contribution in [0.2, 0.25) is 0 Å². The molecule has 0 N–H and O–H groups in total. The molecule has 0 spiro atoms. The Morgan fingerprint density at radius 1 is 0.944 bits per heavy atom. The number of rotatable bonds is 2. The Hall–Kier alpha value is -1.06. The molecule has 1 fully saturated rings. The van der Waals surface area contributed by atoms with E-state index < -0.39 is 0 Å². The second-order valence-corrected chi connectivity index (χ2v) is 5.89. The van der Waals surface area contributed by atoms with Crippen molar-refractivity contribution in [3.63, 3.8) is 0 Å². The molecule has 0 saturated carbocycles. The predicted molar refractivity (Wildman–Crippen MR) is 76.3 cm³/mol. The Morgan fingerprint density at radius 3 is 1.94 bits per heavy atom. The molecule has 2 rings (SSSR count). The molecule has 1 aromatic rings. The fourth-order valence-electron chi connectivity index (χ4n) is 1.83. The summed E-state index contributed by atoms with van der Waals surface area (Å²) in [5.41, 5.74) is 1.89. The molecule has 0 radical (unpaired) electrons. The molecule has 1 saturated heterocycles. The van der Waals surface area contributed by atoms with Crippen LogP contribution in [0.25, 0.3) is 6.08 Å². The van der Waals surface area contributed by atoms with E-state index in [2.05, 4.69) is 58.9 Å². The number of hydrogen-bond acceptors (Lipinski definition) is 2. The van der Waals surface area contributed by atoms with E-state index in [0.29, 0.717) is 0 Å². The third kappa shape index (κ3) is 2.68. The fourth-order valence-corrected chi connectivity index (χ4v) is 1.83. The summed E-state index contributed by atoms with van der Waals surface area (Å²) in [6.45, 7) is 10.3. The molecule has 0 atom stereocenters. The van der Waals surface area contributed by atoms with Crippen LogP contribution in [0.3, 0.4) is 0 Å². The van der Waals surface area contributed by atoms with Gasteiger partial charge in [-0.25, -0.2) is 0 Å². The van der Waals surface area contributed by atoms with Crippen LogP contribution in [-0.4, -0.2) is 18.3 Å². The van der Waals surface area contributed by atoms with Gasteiger partial charge in [0.2, 0.25) is 0 Å². The normalized spacial score (nSPS) is 21.7. The molecule has 96 valence electrons. The van der Waals surface area contributed by atoms with Gasteiger partial charge in [0, 0.05) is 0 Å². The number of hydrogen-bond donors (Lipinski definition) is 0. The third-order valence-corrected chi connectivity index (χ3v) is 3.79. The van der Waals surface area contributed by atoms with Crippen LogP contribution < -0.4 is 0 Å². The molecular formula is C15H21BO2. The first-order valence-corrected chi connectivity index (χ1v) is 6.41. The smallest absolute Gasteiger partial charge is 0.400 e. The van der Waals surface area contributed by atoms with E-state index in [-0.39, 0.29) is 18.3 Å². The van der Waals surface area contributed by atoms with Gasteiger partial charge in [0.1, 0.15) is 0 Å². The lowest BCUT2D eigenvalue weighted by Gasteiger charge is -2.32. The van der Waals surface area contributed by atoms with Crippen LogP contribution in [0.4, 0.5) is 0 Å². The summed E-state index contributed by atoms with van der Waals surface area (Å²) >= 11 is 0. The largest absolute Gasteiger partial charge is 0.487 e. The van der Waals surface area contributed by atoms with E-state index in [1.807, 2.05) is 12.1 Å². The third-order valence-electron chi connectivity index (χ3n) is 3.79. The average Bonchev–Trinajstić information content (AvgIpc) is 2.47. The topological polar surface area (TPSA) is 18.5 Å². The molecule has 0 unspecified atom stereocenters. The van der Waals surface area contributed by atoms with Gasteiger partial charge in [-0.05, 0) is 40.2 Å². The standard InChI is InChI=1S/C15H21BO2/c1-12-6-8-13(9-7-12)10-11-16-17-14(2,3)15(4,5)18-16/h6-11H,1-5H3. The Kier molecular flexibility index (Phi) is 3.39. The summed E-state index contributed by atoms with van der Waals surface area (Å²) < 4.78 is 11.8. The Labute approximate surface area is 110 Å². The monoisotopic (exact) mass is 244 g/mol. The van der Waals surface area contributed by atoms with E-state index in [1.165, 1.54) is 5.56 Å². The van der Waals surface area contributed by atoms with E-state index in [0.717, 1.165) is 5.56 Å². The van der Waals surface area contributed by atoms with Crippen molar-refractivity contribution in [2.24, 2.45) is 0 Å². The predicted octanol–water partition coefficient (Wildman–Crippen LogP) is 3.64. The Morgan fingerprint density at radius 2 is 1.44 bits per heavy atom. The minimum absolute atomic E-state index is 0.267. The second-order valence-electron chi connectivity index (χ2n) is 5.89. The van der Waals surface area contributed by atoms with E-state index in [4.69, 9.17) is 9.31 Å². The molecule has 3 heteroatoms. The second kappa shape index (κ2) is 4.56. The molecule has 0 amide bonds. The zero-order chi connectivity index (χ0) is 13.4. The highest BCUT2D eigenvalue weighted by Crippen LogP contribution is 2.36. The molecule has 1 aliphatic heterocycles. The molecule has 0 bridgehead atoms. The molecule has 0 aliphatic carbocycles. The van der Waals surface area contributed by atoms with Crippen molar-refractivity contribution >= 4 is 13.2 Å². The van der Waals surface area contributed by atoms with Gasteiger partial charge in [0.05, 0.1) is 11.2 Å². The highest BCUT2D eigenvalue weighted by Gasteiger charge is 2.49. The molecule has 1 aromatic carbocycles. The molecule has 2 nitrogen and oxygen atoms in total. The Balaban J connectivity index is 2.06. The van der Waals surface area contributed by atoms with Crippen molar-refractivity contribution in [3.8, 4) is 0 Å². The first-order chi connectivity index (χ1) is 8.30. The molecule has 18 heavy (non-hydrogen) atoms. The highest BCUT2D eigenvalue weighted by molar-refractivity contribution is 6.52. The maximum absolute atomic E-state index is 5.90. The van der Waals surface area contributed by atoms with Crippen LogP contribution >= 0.6 is 0 Å². The van der Waals surface area contributed by atoms with Crippen LogP contribution in [0.5, 0.6) is 0 Å². The lowest BCUT2D eigenvalue weighted by Crippen LogP contribution is -2.41. The van der Waals surface area contributed by atoms with Gasteiger partial charge >= 0.3 is 7.12 Å². The maximum atomic E-state index is 5.90. The van der Waals surface area contributed by atoms with Crippen LogP contribution in [0.15, 0.2) is 30.2 Å². The highest BCUT2D eigenvalue weighted by atomic mass is 16.7. The van der Waals surface area contributed by atoms with Crippen molar-refractivity contribution in [2.45, 2.75) is 45.8 Å². The van der Waals surface area contributed by atoms with Gasteiger partial charge in [-0.2, -0.15) is 0 Å². The minimum atomic E-state index is -0.269. The molecule has 1 heterocycles. The molecule has 0 aromatic heterocycles. The zero-order valence-corrected chi connectivity index (χ0v) is 11.9. The van der Waals surface area contributed by atoms with Crippen molar-refractivity contribution < 1.29 is 9.31 Å². The van der Waals surface area contributed by atoms with Crippen molar-refractivity contribution in [1.29, 1.82) is 0 Å². The van der Waals surface area contributed by atoms with Gasteiger partial charge < -0.3 is 9.31 Å². The SMILES string of the molecule is Cc1ccc(C=CB2OC(C)(C)C(C)(C)O2)cc1. The number of benzene rings is 1. The molecular weight excluding hydrogens is 223 g/mol. The van der Waals surface area contributed by atoms with Gasteiger partial charge in [-0.15, -0.1) is 0 Å². The lowest BCUT2D eigenvalue weighted by atomic mass is 9.89. The average molecular weight is 244 g/mol. The molecule has 1 aliphatic rings. The van der Waals surface area contributed by atoms with E-state index >= 15 is 0 Å². The summed E-state index contributed by atoms with van der Waals surface area (Å²) in [7, 11) is -0.267. The summed E-state index contributed by atoms with van der Waals surface area (Å²) in [6, 6.07) is 8.39. The first-order valence-electron chi connectivity index (χ1n) is 6.41.